The zero-order valence-electron chi connectivity index (χ0n) is 14.4. The average Bonchev–Trinajstić information content (AvgIpc) is 3.35. The van der Waals surface area contributed by atoms with Gasteiger partial charge in [0.2, 0.25) is 5.91 Å². The molecule has 1 saturated carbocycles. The zero-order chi connectivity index (χ0) is 16.4. The van der Waals surface area contributed by atoms with Gasteiger partial charge in [0.15, 0.2) is 0 Å². The molecule has 5 nitrogen and oxygen atoms in total. The van der Waals surface area contributed by atoms with Crippen molar-refractivity contribution in [1.82, 2.24) is 15.2 Å². The van der Waals surface area contributed by atoms with Crippen molar-refractivity contribution in [3.63, 3.8) is 0 Å². The Morgan fingerprint density at radius 2 is 2.17 bits per heavy atom. The van der Waals surface area contributed by atoms with Crippen molar-refractivity contribution in [3.8, 4) is 5.75 Å². The van der Waals surface area contributed by atoms with E-state index < -0.39 is 0 Å². The summed E-state index contributed by atoms with van der Waals surface area (Å²) in [5, 5.41) is 3.14. The van der Waals surface area contributed by atoms with Crippen LogP contribution >= 0.6 is 0 Å². The SMILES string of the molecule is COc1c(C)cnc(CN2CCCC(C(=O)NC3CC3)C2)c1C. The van der Waals surface area contributed by atoms with Crippen molar-refractivity contribution in [2.75, 3.05) is 20.2 Å². The van der Waals surface area contributed by atoms with E-state index in [0.29, 0.717) is 6.04 Å². The number of nitrogens with one attached hydrogen (secondary N) is 1. The minimum Gasteiger partial charge on any atom is -0.496 e. The van der Waals surface area contributed by atoms with Gasteiger partial charge in [-0.2, -0.15) is 0 Å². The van der Waals surface area contributed by atoms with E-state index in [1.54, 1.807) is 7.11 Å². The molecule has 5 heteroatoms. The molecule has 0 radical (unpaired) electrons. The Bertz CT molecular complexity index is 584. The molecule has 1 amide bonds. The molecule has 2 heterocycles. The van der Waals surface area contributed by atoms with Crippen molar-refractivity contribution in [1.29, 1.82) is 0 Å². The van der Waals surface area contributed by atoms with Crippen LogP contribution in [-0.4, -0.2) is 42.0 Å². The Kier molecular flexibility index (Phi) is 4.85. The lowest BCUT2D eigenvalue weighted by Crippen LogP contribution is -2.43. The van der Waals surface area contributed by atoms with Crippen molar-refractivity contribution in [2.45, 2.75) is 52.1 Å². The van der Waals surface area contributed by atoms with Crippen LogP contribution in [-0.2, 0) is 11.3 Å². The van der Waals surface area contributed by atoms with Gasteiger partial charge in [-0.25, -0.2) is 0 Å². The monoisotopic (exact) mass is 317 g/mol. The number of nitrogens with zero attached hydrogens (tertiary/aromatic N) is 2. The van der Waals surface area contributed by atoms with E-state index in [1.165, 1.54) is 0 Å². The molecule has 0 aromatic carbocycles. The number of ether oxygens (including phenoxy) is 1. The molecule has 1 N–H and O–H groups in total. The second kappa shape index (κ2) is 6.87. The number of rotatable bonds is 5. The van der Waals surface area contributed by atoms with Crippen molar-refractivity contribution >= 4 is 5.91 Å². The number of amides is 1. The van der Waals surface area contributed by atoms with Crippen LogP contribution in [0.25, 0.3) is 0 Å². The van der Waals surface area contributed by atoms with Crippen LogP contribution in [0.4, 0.5) is 0 Å². The number of likely N-dealkylation sites (tertiary alicyclic amines) is 1. The highest BCUT2D eigenvalue weighted by Crippen LogP contribution is 2.27. The van der Waals surface area contributed by atoms with Gasteiger partial charge in [0, 0.05) is 36.5 Å². The normalized spacial score (nSPS) is 22.0. The summed E-state index contributed by atoms with van der Waals surface area (Å²) in [6.07, 6.45) is 6.24. The molecule has 1 aliphatic carbocycles. The van der Waals surface area contributed by atoms with Crippen LogP contribution in [0.15, 0.2) is 6.20 Å². The highest BCUT2D eigenvalue weighted by atomic mass is 16.5. The first-order valence-electron chi connectivity index (χ1n) is 8.60. The quantitative estimate of drug-likeness (QED) is 0.904. The van der Waals surface area contributed by atoms with Crippen molar-refractivity contribution in [3.05, 3.63) is 23.0 Å². The van der Waals surface area contributed by atoms with E-state index in [4.69, 9.17) is 4.74 Å². The molecule has 3 rings (SSSR count). The van der Waals surface area contributed by atoms with E-state index in [1.807, 2.05) is 13.1 Å². The summed E-state index contributed by atoms with van der Waals surface area (Å²) in [7, 11) is 1.71. The molecule has 0 bridgehead atoms. The third-order valence-corrected chi connectivity index (χ3v) is 4.92. The number of methoxy groups -OCH3 is 1. The number of piperidine rings is 1. The number of aryl methyl sites for hydroxylation is 1. The molecular weight excluding hydrogens is 290 g/mol. The summed E-state index contributed by atoms with van der Waals surface area (Å²) in [6, 6.07) is 0.447. The molecular formula is C18H27N3O2. The largest absolute Gasteiger partial charge is 0.496 e. The lowest BCUT2D eigenvalue weighted by Gasteiger charge is -2.32. The predicted molar refractivity (Wildman–Crippen MR) is 89.4 cm³/mol. The molecule has 1 saturated heterocycles. The van der Waals surface area contributed by atoms with Crippen LogP contribution in [0.1, 0.15) is 42.5 Å². The molecule has 0 spiro atoms. The molecule has 1 atom stereocenters. The number of carbonyl (C=O) groups is 1. The van der Waals surface area contributed by atoms with Gasteiger partial charge in [-0.3, -0.25) is 14.7 Å². The van der Waals surface area contributed by atoms with E-state index >= 15 is 0 Å². The van der Waals surface area contributed by atoms with Crippen LogP contribution in [0, 0.1) is 19.8 Å². The first-order chi connectivity index (χ1) is 11.1. The van der Waals surface area contributed by atoms with E-state index in [-0.39, 0.29) is 11.8 Å². The number of pyridine rings is 1. The average molecular weight is 317 g/mol. The van der Waals surface area contributed by atoms with Gasteiger partial charge in [-0.15, -0.1) is 0 Å². The lowest BCUT2D eigenvalue weighted by molar-refractivity contribution is -0.126. The van der Waals surface area contributed by atoms with E-state index in [9.17, 15) is 4.79 Å². The van der Waals surface area contributed by atoms with Gasteiger partial charge in [-0.1, -0.05) is 0 Å². The first-order valence-corrected chi connectivity index (χ1v) is 8.60. The summed E-state index contributed by atoms with van der Waals surface area (Å²) in [4.78, 5) is 19.2. The van der Waals surface area contributed by atoms with Crippen LogP contribution in [0.5, 0.6) is 5.75 Å². The molecule has 2 aliphatic rings. The van der Waals surface area contributed by atoms with Crippen LogP contribution in [0.3, 0.4) is 0 Å². The minimum atomic E-state index is 0.122. The van der Waals surface area contributed by atoms with Gasteiger partial charge in [0.25, 0.3) is 0 Å². The number of aromatic nitrogens is 1. The Morgan fingerprint density at radius 3 is 2.87 bits per heavy atom. The van der Waals surface area contributed by atoms with Gasteiger partial charge in [0.1, 0.15) is 5.75 Å². The van der Waals surface area contributed by atoms with E-state index in [2.05, 4.69) is 22.1 Å². The fourth-order valence-electron chi connectivity index (χ4n) is 3.40. The molecule has 126 valence electrons. The highest BCUT2D eigenvalue weighted by Gasteiger charge is 2.30. The maximum atomic E-state index is 12.3. The summed E-state index contributed by atoms with van der Waals surface area (Å²) < 4.78 is 5.49. The van der Waals surface area contributed by atoms with Gasteiger partial charge < -0.3 is 10.1 Å². The third-order valence-electron chi connectivity index (χ3n) is 4.92. The fourth-order valence-corrected chi connectivity index (χ4v) is 3.40. The Balaban J connectivity index is 1.64. The minimum absolute atomic E-state index is 0.122. The van der Waals surface area contributed by atoms with Gasteiger partial charge >= 0.3 is 0 Å². The zero-order valence-corrected chi connectivity index (χ0v) is 14.4. The highest BCUT2D eigenvalue weighted by molar-refractivity contribution is 5.79. The van der Waals surface area contributed by atoms with Crippen molar-refractivity contribution < 1.29 is 9.53 Å². The third kappa shape index (κ3) is 3.83. The maximum absolute atomic E-state index is 12.3. The Morgan fingerprint density at radius 1 is 1.39 bits per heavy atom. The topological polar surface area (TPSA) is 54.5 Å². The predicted octanol–water partition coefficient (Wildman–Crippen LogP) is 2.20. The first kappa shape index (κ1) is 16.2. The molecule has 1 aliphatic heterocycles. The van der Waals surface area contributed by atoms with Crippen LogP contribution in [0.2, 0.25) is 0 Å². The standard InChI is InChI=1S/C18H27N3O2/c1-12-9-19-16(13(2)17(12)23-3)11-21-8-4-5-14(10-21)18(22)20-15-6-7-15/h9,14-15H,4-8,10-11H2,1-3H3,(H,20,22). The summed E-state index contributed by atoms with van der Waals surface area (Å²) in [6.45, 7) is 6.73. The van der Waals surface area contributed by atoms with Crippen LogP contribution < -0.4 is 10.1 Å². The van der Waals surface area contributed by atoms with Gasteiger partial charge in [0.05, 0.1) is 18.7 Å². The molecule has 2 fully saturated rings. The number of hydrogen-bond acceptors (Lipinski definition) is 4. The lowest BCUT2D eigenvalue weighted by atomic mass is 9.96. The fraction of sp³-hybridized carbons (Fsp3) is 0.667. The molecule has 1 unspecified atom stereocenters. The molecule has 1 aromatic rings. The second-order valence-corrected chi connectivity index (χ2v) is 6.90. The molecule has 23 heavy (non-hydrogen) atoms. The maximum Gasteiger partial charge on any atom is 0.224 e. The number of carbonyl (C=O) groups excluding carboxylic acids is 1. The Labute approximate surface area is 138 Å². The van der Waals surface area contributed by atoms with Gasteiger partial charge in [-0.05, 0) is 46.1 Å². The van der Waals surface area contributed by atoms with Crippen molar-refractivity contribution in [2.24, 2.45) is 5.92 Å². The molecule has 1 aromatic heterocycles. The smallest absolute Gasteiger partial charge is 0.224 e. The second-order valence-electron chi connectivity index (χ2n) is 6.90. The Hall–Kier alpha value is -1.62. The summed E-state index contributed by atoms with van der Waals surface area (Å²) >= 11 is 0. The van der Waals surface area contributed by atoms with E-state index in [0.717, 1.165) is 67.9 Å². The summed E-state index contributed by atoms with van der Waals surface area (Å²) in [5.74, 6) is 1.29. The summed E-state index contributed by atoms with van der Waals surface area (Å²) in [5.41, 5.74) is 3.22. The number of hydrogen-bond donors (Lipinski definition) is 1.